The molecule has 3 aromatic rings. The first-order valence-electron chi connectivity index (χ1n) is 9.80. The summed E-state index contributed by atoms with van der Waals surface area (Å²) in [4.78, 5) is 39.7. The third-order valence-corrected chi connectivity index (χ3v) is 4.46. The highest BCUT2D eigenvalue weighted by molar-refractivity contribution is 5.97. The number of carbonyl (C=O) groups excluding carboxylic acids is 2. The molecule has 0 saturated carbocycles. The van der Waals surface area contributed by atoms with E-state index in [-0.39, 0.29) is 16.9 Å². The lowest BCUT2D eigenvalue weighted by Crippen LogP contribution is -2.22. The number of ether oxygens (including phenoxy) is 2. The van der Waals surface area contributed by atoms with Crippen LogP contribution < -0.4 is 10.1 Å². The van der Waals surface area contributed by atoms with Crippen molar-refractivity contribution in [2.24, 2.45) is 0 Å². The minimum Gasteiger partial charge on any atom is -0.494 e. The molecule has 2 aromatic carbocycles. The average molecular weight is 435 g/mol. The van der Waals surface area contributed by atoms with Gasteiger partial charge in [-0.2, -0.15) is 0 Å². The quantitative estimate of drug-likeness (QED) is 0.320. The summed E-state index contributed by atoms with van der Waals surface area (Å²) in [6, 6.07) is 16.9. The summed E-state index contributed by atoms with van der Waals surface area (Å²) >= 11 is 0. The van der Waals surface area contributed by atoms with Crippen LogP contribution in [0.5, 0.6) is 5.75 Å². The van der Waals surface area contributed by atoms with Crippen molar-refractivity contribution in [2.75, 3.05) is 18.5 Å². The molecule has 1 N–H and O–H groups in total. The van der Waals surface area contributed by atoms with E-state index in [0.717, 1.165) is 5.56 Å². The SMILES string of the molecule is CCOc1ccc(NC(=O)COC(=O)c2ccc(-c3ccccc3)nc2C)c([N+](=O)[O-])c1. The number of aromatic nitrogens is 1. The first-order chi connectivity index (χ1) is 15.4. The fourth-order valence-electron chi connectivity index (χ4n) is 2.97. The highest BCUT2D eigenvalue weighted by atomic mass is 16.6. The molecule has 0 saturated heterocycles. The van der Waals surface area contributed by atoms with Crippen LogP contribution in [0.15, 0.2) is 60.7 Å². The average Bonchev–Trinajstić information content (AvgIpc) is 2.79. The molecule has 0 aliphatic rings. The molecular weight excluding hydrogens is 414 g/mol. The Morgan fingerprint density at radius 1 is 1.09 bits per heavy atom. The number of nitrogens with zero attached hydrogens (tertiary/aromatic N) is 2. The Kier molecular flexibility index (Phi) is 7.12. The predicted molar refractivity (Wildman–Crippen MR) is 118 cm³/mol. The summed E-state index contributed by atoms with van der Waals surface area (Å²) in [6.07, 6.45) is 0. The van der Waals surface area contributed by atoms with Crippen molar-refractivity contribution >= 4 is 23.3 Å². The molecule has 0 radical (unpaired) electrons. The zero-order valence-corrected chi connectivity index (χ0v) is 17.5. The van der Waals surface area contributed by atoms with Gasteiger partial charge in [-0.3, -0.25) is 19.9 Å². The van der Waals surface area contributed by atoms with Crippen molar-refractivity contribution in [1.29, 1.82) is 0 Å². The molecule has 3 rings (SSSR count). The number of nitro benzene ring substituents is 1. The number of pyridine rings is 1. The predicted octanol–water partition coefficient (Wildman–Crippen LogP) is 4.16. The molecule has 9 heteroatoms. The zero-order chi connectivity index (χ0) is 23.1. The molecule has 0 aliphatic carbocycles. The second-order valence-electron chi connectivity index (χ2n) is 6.69. The van der Waals surface area contributed by atoms with Crippen LogP contribution in [0.2, 0.25) is 0 Å². The Bertz CT molecular complexity index is 1150. The van der Waals surface area contributed by atoms with Crippen LogP contribution in [0.3, 0.4) is 0 Å². The molecule has 164 valence electrons. The van der Waals surface area contributed by atoms with E-state index in [1.165, 1.54) is 18.2 Å². The highest BCUT2D eigenvalue weighted by Crippen LogP contribution is 2.29. The number of aryl methyl sites for hydroxylation is 1. The number of esters is 1. The van der Waals surface area contributed by atoms with Crippen LogP contribution in [0.4, 0.5) is 11.4 Å². The van der Waals surface area contributed by atoms with Crippen LogP contribution >= 0.6 is 0 Å². The van der Waals surface area contributed by atoms with Crippen LogP contribution in [-0.4, -0.2) is 35.0 Å². The van der Waals surface area contributed by atoms with Crippen LogP contribution in [0, 0.1) is 17.0 Å². The summed E-state index contributed by atoms with van der Waals surface area (Å²) < 4.78 is 10.3. The first-order valence-corrected chi connectivity index (χ1v) is 9.80. The summed E-state index contributed by atoms with van der Waals surface area (Å²) in [6.45, 7) is 3.16. The van der Waals surface area contributed by atoms with E-state index in [2.05, 4.69) is 10.3 Å². The minimum atomic E-state index is -0.717. The lowest BCUT2D eigenvalue weighted by molar-refractivity contribution is -0.384. The summed E-state index contributed by atoms with van der Waals surface area (Å²) in [5, 5.41) is 13.7. The molecule has 0 bridgehead atoms. The fourth-order valence-corrected chi connectivity index (χ4v) is 2.97. The van der Waals surface area contributed by atoms with Gasteiger partial charge in [-0.05, 0) is 38.1 Å². The number of anilines is 1. The van der Waals surface area contributed by atoms with E-state index < -0.39 is 23.4 Å². The summed E-state index contributed by atoms with van der Waals surface area (Å²) in [5.74, 6) is -1.12. The number of rotatable bonds is 8. The molecule has 1 heterocycles. The Morgan fingerprint density at radius 3 is 2.50 bits per heavy atom. The summed E-state index contributed by atoms with van der Waals surface area (Å²) in [7, 11) is 0. The Balaban J connectivity index is 1.64. The van der Waals surface area contributed by atoms with E-state index in [1.54, 1.807) is 26.0 Å². The van der Waals surface area contributed by atoms with Gasteiger partial charge in [0, 0.05) is 5.56 Å². The highest BCUT2D eigenvalue weighted by Gasteiger charge is 2.19. The molecule has 0 aliphatic heterocycles. The number of hydrogen-bond donors (Lipinski definition) is 1. The van der Waals surface area contributed by atoms with E-state index in [0.29, 0.717) is 23.7 Å². The normalized spacial score (nSPS) is 10.3. The van der Waals surface area contributed by atoms with Gasteiger partial charge in [0.25, 0.3) is 11.6 Å². The van der Waals surface area contributed by atoms with Gasteiger partial charge in [-0.25, -0.2) is 4.79 Å². The maximum atomic E-state index is 12.4. The lowest BCUT2D eigenvalue weighted by Gasteiger charge is -2.10. The molecule has 1 amide bonds. The molecule has 0 fully saturated rings. The van der Waals surface area contributed by atoms with Gasteiger partial charge in [-0.1, -0.05) is 30.3 Å². The third kappa shape index (κ3) is 5.45. The van der Waals surface area contributed by atoms with Crippen molar-refractivity contribution < 1.29 is 24.0 Å². The fraction of sp³-hybridized carbons (Fsp3) is 0.174. The zero-order valence-electron chi connectivity index (χ0n) is 17.5. The second-order valence-corrected chi connectivity index (χ2v) is 6.69. The molecule has 9 nitrogen and oxygen atoms in total. The maximum absolute atomic E-state index is 12.4. The monoisotopic (exact) mass is 435 g/mol. The molecular formula is C23H21N3O6. The van der Waals surface area contributed by atoms with Crippen molar-refractivity contribution in [3.63, 3.8) is 0 Å². The van der Waals surface area contributed by atoms with Crippen LogP contribution in [0.25, 0.3) is 11.3 Å². The second kappa shape index (κ2) is 10.2. The van der Waals surface area contributed by atoms with Gasteiger partial charge >= 0.3 is 5.97 Å². The number of benzene rings is 2. The number of hydrogen-bond acceptors (Lipinski definition) is 7. The smallest absolute Gasteiger partial charge is 0.340 e. The number of amides is 1. The number of carbonyl (C=O) groups is 2. The van der Waals surface area contributed by atoms with E-state index in [9.17, 15) is 19.7 Å². The Labute approximate surface area is 184 Å². The van der Waals surface area contributed by atoms with E-state index in [1.807, 2.05) is 30.3 Å². The standard InChI is InChI=1S/C23H21N3O6/c1-3-31-17-9-11-20(21(13-17)26(29)30)25-22(27)14-32-23(28)18-10-12-19(24-15(18)2)16-7-5-4-6-8-16/h4-13H,3,14H2,1-2H3,(H,25,27). The summed E-state index contributed by atoms with van der Waals surface area (Å²) in [5.41, 5.74) is 1.95. The van der Waals surface area contributed by atoms with E-state index in [4.69, 9.17) is 9.47 Å². The molecule has 0 spiro atoms. The van der Waals surface area contributed by atoms with Crippen molar-refractivity contribution in [1.82, 2.24) is 4.98 Å². The van der Waals surface area contributed by atoms with Gasteiger partial charge in [0.05, 0.1) is 34.5 Å². The molecule has 0 unspecified atom stereocenters. The Morgan fingerprint density at radius 2 is 1.84 bits per heavy atom. The molecule has 1 aromatic heterocycles. The van der Waals surface area contributed by atoms with Crippen molar-refractivity contribution in [2.45, 2.75) is 13.8 Å². The lowest BCUT2D eigenvalue weighted by atomic mass is 10.1. The topological polar surface area (TPSA) is 121 Å². The largest absolute Gasteiger partial charge is 0.494 e. The van der Waals surface area contributed by atoms with Crippen molar-refractivity contribution in [3.05, 3.63) is 82.0 Å². The van der Waals surface area contributed by atoms with Gasteiger partial charge < -0.3 is 14.8 Å². The number of nitrogens with one attached hydrogen (secondary N) is 1. The van der Waals surface area contributed by atoms with Crippen LogP contribution in [-0.2, 0) is 9.53 Å². The van der Waals surface area contributed by atoms with Gasteiger partial charge in [0.1, 0.15) is 11.4 Å². The first kappa shape index (κ1) is 22.4. The Hall–Kier alpha value is -4.27. The van der Waals surface area contributed by atoms with Crippen molar-refractivity contribution in [3.8, 4) is 17.0 Å². The third-order valence-electron chi connectivity index (χ3n) is 4.46. The van der Waals surface area contributed by atoms with Gasteiger partial charge in [0.2, 0.25) is 0 Å². The molecule has 32 heavy (non-hydrogen) atoms. The minimum absolute atomic E-state index is 0.0236. The van der Waals surface area contributed by atoms with E-state index >= 15 is 0 Å². The van der Waals surface area contributed by atoms with Gasteiger partial charge in [-0.15, -0.1) is 0 Å². The van der Waals surface area contributed by atoms with Crippen LogP contribution in [0.1, 0.15) is 23.0 Å². The van der Waals surface area contributed by atoms with Gasteiger partial charge in [0.15, 0.2) is 6.61 Å². The number of nitro groups is 1. The maximum Gasteiger partial charge on any atom is 0.340 e. The molecule has 0 atom stereocenters.